The van der Waals surface area contributed by atoms with Crippen LogP contribution in [0.5, 0.6) is 0 Å². The van der Waals surface area contributed by atoms with E-state index in [1.807, 2.05) is 9.58 Å². The molecule has 0 spiro atoms. The average molecular weight is 440 g/mol. The van der Waals surface area contributed by atoms with E-state index < -0.39 is 0 Å². The van der Waals surface area contributed by atoms with Crippen molar-refractivity contribution in [1.29, 1.82) is 0 Å². The van der Waals surface area contributed by atoms with E-state index in [1.54, 1.807) is 7.11 Å². The van der Waals surface area contributed by atoms with Crippen LogP contribution in [-0.4, -0.2) is 90.4 Å². The Balaban J connectivity index is 1.47. The van der Waals surface area contributed by atoms with Gasteiger partial charge in [0.2, 0.25) is 0 Å². The van der Waals surface area contributed by atoms with Crippen LogP contribution in [0.25, 0.3) is 0 Å². The van der Waals surface area contributed by atoms with Crippen molar-refractivity contribution in [1.82, 2.24) is 24.5 Å². The number of amides is 1. The fourth-order valence-corrected chi connectivity index (χ4v) is 4.82. The number of ether oxygens (including phenoxy) is 1. The van der Waals surface area contributed by atoms with Crippen molar-refractivity contribution >= 4 is 5.91 Å². The molecule has 3 heterocycles. The van der Waals surface area contributed by atoms with Crippen LogP contribution < -0.4 is 0 Å². The molecule has 32 heavy (non-hydrogen) atoms. The van der Waals surface area contributed by atoms with Crippen LogP contribution in [0.1, 0.15) is 40.2 Å². The molecule has 0 saturated carbocycles. The fourth-order valence-electron chi connectivity index (χ4n) is 4.82. The maximum atomic E-state index is 13.5. The Labute approximate surface area is 191 Å². The molecule has 1 amide bonds. The summed E-state index contributed by atoms with van der Waals surface area (Å²) in [5, 5.41) is 4.82. The van der Waals surface area contributed by atoms with Gasteiger partial charge in [-0.2, -0.15) is 5.10 Å². The molecule has 1 saturated heterocycles. The van der Waals surface area contributed by atoms with Crippen molar-refractivity contribution in [2.24, 2.45) is 0 Å². The van der Waals surface area contributed by atoms with E-state index in [0.29, 0.717) is 18.8 Å². The minimum absolute atomic E-state index is 0.0962. The first kappa shape index (κ1) is 23.0. The summed E-state index contributed by atoms with van der Waals surface area (Å²) in [5.74, 6) is 0.0962. The van der Waals surface area contributed by atoms with Gasteiger partial charge in [0.25, 0.3) is 5.91 Å². The molecule has 2 aromatic rings. The lowest BCUT2D eigenvalue weighted by Crippen LogP contribution is -2.37. The fraction of sp³-hybridized carbons (Fsp3) is 0.600. The molecule has 2 aliphatic heterocycles. The van der Waals surface area contributed by atoms with Gasteiger partial charge < -0.3 is 14.5 Å². The maximum absolute atomic E-state index is 13.5. The van der Waals surface area contributed by atoms with Gasteiger partial charge in [0.05, 0.1) is 13.2 Å². The normalized spacial score (nSPS) is 17.9. The molecule has 1 fully saturated rings. The highest BCUT2D eigenvalue weighted by Crippen LogP contribution is 2.25. The number of carbonyl (C=O) groups is 1. The smallest absolute Gasteiger partial charge is 0.274 e. The van der Waals surface area contributed by atoms with Crippen LogP contribution in [-0.2, 0) is 30.7 Å². The number of nitrogens with zero attached hydrogens (tertiary/aromatic N) is 5. The first-order chi connectivity index (χ1) is 15.7. The van der Waals surface area contributed by atoms with Gasteiger partial charge in [0.1, 0.15) is 0 Å². The summed E-state index contributed by atoms with van der Waals surface area (Å²) in [6, 6.07) is 10.7. The number of hydrogen-bond donors (Lipinski definition) is 0. The highest BCUT2D eigenvalue weighted by molar-refractivity contribution is 5.94. The molecule has 7 heteroatoms. The number of likely N-dealkylation sites (N-methyl/N-ethyl adjacent to an activating group) is 1. The van der Waals surface area contributed by atoms with Gasteiger partial charge in [0, 0.05) is 57.5 Å². The lowest BCUT2D eigenvalue weighted by molar-refractivity contribution is 0.0753. The molecule has 0 radical (unpaired) electrons. The Kier molecular flexibility index (Phi) is 7.95. The molecular weight excluding hydrogens is 402 g/mol. The van der Waals surface area contributed by atoms with Gasteiger partial charge in [-0.3, -0.25) is 14.4 Å². The second-order valence-electron chi connectivity index (χ2n) is 9.05. The summed E-state index contributed by atoms with van der Waals surface area (Å²) in [6.07, 6.45) is 4.16. The molecule has 0 aliphatic carbocycles. The first-order valence-electron chi connectivity index (χ1n) is 12.0. The van der Waals surface area contributed by atoms with Gasteiger partial charge in [-0.05, 0) is 45.0 Å². The first-order valence-corrected chi connectivity index (χ1v) is 12.0. The lowest BCUT2D eigenvalue weighted by atomic mass is 10.0. The zero-order valence-corrected chi connectivity index (χ0v) is 19.6. The maximum Gasteiger partial charge on any atom is 0.274 e. The summed E-state index contributed by atoms with van der Waals surface area (Å²) in [5.41, 5.74) is 4.40. The predicted octanol–water partition coefficient (Wildman–Crippen LogP) is 2.30. The van der Waals surface area contributed by atoms with Crippen LogP contribution in [0.3, 0.4) is 0 Å². The molecule has 0 unspecified atom stereocenters. The SMILES string of the molecule is COCCn1nc(C(=O)N2CCCN(C)CC2)c2c1CCN(CCCc1ccccc1)C2. The Morgan fingerprint density at radius 3 is 2.72 bits per heavy atom. The largest absolute Gasteiger partial charge is 0.383 e. The van der Waals surface area contributed by atoms with Crippen LogP contribution in [0.2, 0.25) is 0 Å². The highest BCUT2D eigenvalue weighted by atomic mass is 16.5. The van der Waals surface area contributed by atoms with E-state index >= 15 is 0 Å². The zero-order chi connectivity index (χ0) is 22.3. The summed E-state index contributed by atoms with van der Waals surface area (Å²) in [4.78, 5) is 20.3. The Morgan fingerprint density at radius 2 is 1.91 bits per heavy atom. The highest BCUT2D eigenvalue weighted by Gasteiger charge is 2.30. The van der Waals surface area contributed by atoms with Crippen LogP contribution >= 0.6 is 0 Å². The molecule has 7 nitrogen and oxygen atoms in total. The third-order valence-electron chi connectivity index (χ3n) is 6.71. The van der Waals surface area contributed by atoms with Crippen LogP contribution in [0.15, 0.2) is 30.3 Å². The van der Waals surface area contributed by atoms with Gasteiger partial charge in [-0.25, -0.2) is 0 Å². The number of aromatic nitrogens is 2. The number of aryl methyl sites for hydroxylation is 1. The Morgan fingerprint density at radius 1 is 1.06 bits per heavy atom. The lowest BCUT2D eigenvalue weighted by Gasteiger charge is -2.28. The molecule has 0 N–H and O–H groups in total. The topological polar surface area (TPSA) is 53.8 Å². The number of fused-ring (bicyclic) bond motifs is 1. The molecule has 4 rings (SSSR count). The molecule has 2 aliphatic rings. The van der Waals surface area contributed by atoms with E-state index in [4.69, 9.17) is 9.84 Å². The van der Waals surface area contributed by atoms with Gasteiger partial charge >= 0.3 is 0 Å². The number of methoxy groups -OCH3 is 1. The van der Waals surface area contributed by atoms with Gasteiger partial charge in [-0.1, -0.05) is 30.3 Å². The van der Waals surface area contributed by atoms with Crippen LogP contribution in [0, 0.1) is 0 Å². The monoisotopic (exact) mass is 439 g/mol. The Bertz CT molecular complexity index is 882. The van der Waals surface area contributed by atoms with Crippen molar-refractivity contribution in [3.63, 3.8) is 0 Å². The average Bonchev–Trinajstić information content (AvgIpc) is 3.02. The quantitative estimate of drug-likeness (QED) is 0.632. The zero-order valence-electron chi connectivity index (χ0n) is 19.6. The molecule has 174 valence electrons. The molecule has 1 aromatic carbocycles. The minimum atomic E-state index is 0.0962. The number of rotatable bonds is 8. The molecule has 0 bridgehead atoms. The number of benzene rings is 1. The third kappa shape index (κ3) is 5.57. The summed E-state index contributed by atoms with van der Waals surface area (Å²) in [7, 11) is 3.84. The van der Waals surface area contributed by atoms with E-state index in [2.05, 4.69) is 47.2 Å². The van der Waals surface area contributed by atoms with Crippen molar-refractivity contribution in [2.75, 3.05) is 60.0 Å². The van der Waals surface area contributed by atoms with Gasteiger partial charge in [-0.15, -0.1) is 0 Å². The van der Waals surface area contributed by atoms with Crippen molar-refractivity contribution in [2.45, 2.75) is 38.8 Å². The summed E-state index contributed by atoms with van der Waals surface area (Å²) < 4.78 is 7.32. The predicted molar refractivity (Wildman–Crippen MR) is 126 cm³/mol. The van der Waals surface area contributed by atoms with Crippen molar-refractivity contribution in [3.8, 4) is 0 Å². The van der Waals surface area contributed by atoms with E-state index in [9.17, 15) is 4.79 Å². The van der Waals surface area contributed by atoms with Crippen LogP contribution in [0.4, 0.5) is 0 Å². The number of carbonyl (C=O) groups excluding carboxylic acids is 1. The second kappa shape index (κ2) is 11.1. The molecule has 1 aromatic heterocycles. The van der Waals surface area contributed by atoms with Crippen molar-refractivity contribution < 1.29 is 9.53 Å². The molecular formula is C25H37N5O2. The molecule has 0 atom stereocenters. The van der Waals surface area contributed by atoms with Gasteiger partial charge in [0.15, 0.2) is 5.69 Å². The number of hydrogen-bond acceptors (Lipinski definition) is 5. The minimum Gasteiger partial charge on any atom is -0.383 e. The Hall–Kier alpha value is -2.22. The summed E-state index contributed by atoms with van der Waals surface area (Å²) >= 11 is 0. The van der Waals surface area contributed by atoms with E-state index in [1.165, 1.54) is 11.3 Å². The van der Waals surface area contributed by atoms with E-state index in [-0.39, 0.29) is 5.91 Å². The van der Waals surface area contributed by atoms with E-state index in [0.717, 1.165) is 77.1 Å². The summed E-state index contributed by atoms with van der Waals surface area (Å²) in [6.45, 7) is 7.72. The second-order valence-corrected chi connectivity index (χ2v) is 9.05. The standard InChI is InChI=1S/C25H37N5O2/c1-27-12-7-14-29(17-16-27)25(31)24-22-20-28(13-6-10-21-8-4-3-5-9-21)15-11-23(22)30(26-24)18-19-32-2/h3-5,8-9H,6-7,10-20H2,1-2H3. The third-order valence-corrected chi connectivity index (χ3v) is 6.71. The van der Waals surface area contributed by atoms with Crippen molar-refractivity contribution in [3.05, 3.63) is 52.8 Å².